The van der Waals surface area contributed by atoms with Gasteiger partial charge < -0.3 is 15.5 Å². The number of aliphatic hydroxyl groups is 1. The summed E-state index contributed by atoms with van der Waals surface area (Å²) < 4.78 is 13.4. The number of carboxylic acids is 1. The molecule has 0 saturated carbocycles. The van der Waals surface area contributed by atoms with Gasteiger partial charge in [-0.2, -0.15) is 5.26 Å². The summed E-state index contributed by atoms with van der Waals surface area (Å²) in [5.41, 5.74) is -1.79. The molecule has 6 heteroatoms. The lowest BCUT2D eigenvalue weighted by atomic mass is 10.1. The molecule has 0 radical (unpaired) electrons. The van der Waals surface area contributed by atoms with Crippen LogP contribution < -0.4 is 5.32 Å². The number of hydrogen-bond donors (Lipinski definition) is 3. The van der Waals surface area contributed by atoms with Gasteiger partial charge in [-0.1, -0.05) is 0 Å². The predicted octanol–water partition coefficient (Wildman–Crippen LogP) is 0.945. The second-order valence-corrected chi connectivity index (χ2v) is 3.74. The molecule has 0 fully saturated rings. The molecule has 0 saturated heterocycles. The maximum Gasteiger partial charge on any atom is 0.337 e. The first kappa shape index (κ1) is 12.9. The predicted molar refractivity (Wildman–Crippen MR) is 57.9 cm³/mol. The van der Waals surface area contributed by atoms with E-state index in [1.165, 1.54) is 12.1 Å². The quantitative estimate of drug-likeness (QED) is 0.726. The van der Waals surface area contributed by atoms with Crippen LogP contribution in [-0.4, -0.2) is 28.3 Å². The minimum Gasteiger partial charge on any atom is -0.479 e. The summed E-state index contributed by atoms with van der Waals surface area (Å²) in [6.45, 7) is 0.759. The third-order valence-electron chi connectivity index (χ3n) is 2.18. The molecular weight excluding hydrogens is 227 g/mol. The molecule has 3 N–H and O–H groups in total. The van der Waals surface area contributed by atoms with Crippen molar-refractivity contribution in [2.24, 2.45) is 0 Å². The van der Waals surface area contributed by atoms with Crippen LogP contribution in [0.4, 0.5) is 10.1 Å². The van der Waals surface area contributed by atoms with E-state index in [2.05, 4.69) is 5.32 Å². The van der Waals surface area contributed by atoms with Crippen molar-refractivity contribution in [1.82, 2.24) is 0 Å². The van der Waals surface area contributed by atoms with Crippen molar-refractivity contribution in [3.8, 4) is 6.07 Å². The Hall–Kier alpha value is -2.13. The molecular formula is C11H11FN2O3. The van der Waals surface area contributed by atoms with Crippen LogP contribution in [-0.2, 0) is 4.79 Å². The Balaban J connectivity index is 2.78. The molecule has 0 heterocycles. The Morgan fingerprint density at radius 2 is 2.29 bits per heavy atom. The minimum atomic E-state index is -1.99. The summed E-state index contributed by atoms with van der Waals surface area (Å²) in [6, 6.07) is 5.50. The van der Waals surface area contributed by atoms with Gasteiger partial charge in [0.1, 0.15) is 5.82 Å². The molecule has 17 heavy (non-hydrogen) atoms. The van der Waals surface area contributed by atoms with E-state index in [1.807, 2.05) is 0 Å². The zero-order valence-electron chi connectivity index (χ0n) is 9.07. The zero-order chi connectivity index (χ0) is 13.1. The van der Waals surface area contributed by atoms with Crippen molar-refractivity contribution >= 4 is 11.7 Å². The molecule has 1 aromatic rings. The van der Waals surface area contributed by atoms with Crippen LogP contribution in [0.3, 0.4) is 0 Å². The number of halogens is 1. The van der Waals surface area contributed by atoms with E-state index in [0.29, 0.717) is 0 Å². The Morgan fingerprint density at radius 1 is 1.65 bits per heavy atom. The molecule has 0 spiro atoms. The number of carbonyl (C=O) groups is 1. The number of rotatable bonds is 4. The van der Waals surface area contributed by atoms with Crippen LogP contribution in [0.5, 0.6) is 0 Å². The van der Waals surface area contributed by atoms with Crippen LogP contribution in [0, 0.1) is 17.1 Å². The third kappa shape index (κ3) is 3.16. The summed E-state index contributed by atoms with van der Waals surface area (Å²) in [6.07, 6.45) is 0. The molecule has 90 valence electrons. The van der Waals surface area contributed by atoms with Crippen LogP contribution in [0.1, 0.15) is 12.5 Å². The van der Waals surface area contributed by atoms with Gasteiger partial charge in [0.25, 0.3) is 0 Å². The summed E-state index contributed by atoms with van der Waals surface area (Å²) >= 11 is 0. The lowest BCUT2D eigenvalue weighted by molar-refractivity contribution is -0.155. The topological polar surface area (TPSA) is 93.4 Å². The van der Waals surface area contributed by atoms with E-state index in [4.69, 9.17) is 10.4 Å². The number of anilines is 1. The largest absolute Gasteiger partial charge is 0.479 e. The minimum absolute atomic E-state index is 0.0329. The van der Waals surface area contributed by atoms with Crippen LogP contribution in [0.2, 0.25) is 0 Å². The van der Waals surface area contributed by atoms with E-state index in [-0.39, 0.29) is 17.8 Å². The Kier molecular flexibility index (Phi) is 3.66. The lowest BCUT2D eigenvalue weighted by Gasteiger charge is -2.19. The number of carboxylic acid groups (broad SMARTS) is 1. The molecule has 1 rings (SSSR count). The SMILES string of the molecule is CC(O)(CNc1ccc(C#N)cc1F)C(=O)O. The molecule has 0 aromatic heterocycles. The first-order valence-electron chi connectivity index (χ1n) is 4.76. The number of hydrogen-bond acceptors (Lipinski definition) is 4. The lowest BCUT2D eigenvalue weighted by Crippen LogP contribution is -2.41. The van der Waals surface area contributed by atoms with Gasteiger partial charge in [-0.15, -0.1) is 0 Å². The molecule has 1 unspecified atom stereocenters. The van der Waals surface area contributed by atoms with E-state index in [9.17, 15) is 14.3 Å². The molecule has 0 aliphatic rings. The highest BCUT2D eigenvalue weighted by Gasteiger charge is 2.29. The second-order valence-electron chi connectivity index (χ2n) is 3.74. The fraction of sp³-hybridized carbons (Fsp3) is 0.273. The van der Waals surface area contributed by atoms with Gasteiger partial charge in [-0.3, -0.25) is 0 Å². The number of aliphatic carboxylic acids is 1. The van der Waals surface area contributed by atoms with Crippen molar-refractivity contribution in [3.05, 3.63) is 29.6 Å². The first-order chi connectivity index (χ1) is 7.86. The smallest absolute Gasteiger partial charge is 0.337 e. The van der Waals surface area contributed by atoms with Crippen LogP contribution >= 0.6 is 0 Å². The van der Waals surface area contributed by atoms with Gasteiger partial charge in [-0.25, -0.2) is 9.18 Å². The molecule has 0 aliphatic carbocycles. The highest BCUT2D eigenvalue weighted by atomic mass is 19.1. The van der Waals surface area contributed by atoms with Gasteiger partial charge in [0, 0.05) is 0 Å². The van der Waals surface area contributed by atoms with Crippen LogP contribution in [0.15, 0.2) is 18.2 Å². The van der Waals surface area contributed by atoms with Crippen molar-refractivity contribution in [2.75, 3.05) is 11.9 Å². The highest BCUT2D eigenvalue weighted by Crippen LogP contribution is 2.16. The molecule has 0 amide bonds. The number of nitriles is 1. The van der Waals surface area contributed by atoms with Gasteiger partial charge >= 0.3 is 5.97 Å². The molecule has 1 aromatic carbocycles. The van der Waals surface area contributed by atoms with Gasteiger partial charge in [0.15, 0.2) is 5.60 Å². The van der Waals surface area contributed by atoms with E-state index >= 15 is 0 Å². The average molecular weight is 238 g/mol. The van der Waals surface area contributed by atoms with Gasteiger partial charge in [0.05, 0.1) is 23.9 Å². The Morgan fingerprint density at radius 3 is 2.76 bits per heavy atom. The van der Waals surface area contributed by atoms with E-state index in [0.717, 1.165) is 13.0 Å². The fourth-order valence-corrected chi connectivity index (χ4v) is 1.07. The normalized spacial score (nSPS) is 13.5. The molecule has 5 nitrogen and oxygen atoms in total. The van der Waals surface area contributed by atoms with E-state index < -0.39 is 17.4 Å². The number of nitrogens with one attached hydrogen (secondary N) is 1. The third-order valence-corrected chi connectivity index (χ3v) is 2.18. The monoisotopic (exact) mass is 238 g/mol. The Labute approximate surface area is 97.1 Å². The highest BCUT2D eigenvalue weighted by molar-refractivity contribution is 5.77. The first-order valence-corrected chi connectivity index (χ1v) is 4.76. The van der Waals surface area contributed by atoms with E-state index in [1.54, 1.807) is 6.07 Å². The van der Waals surface area contributed by atoms with Gasteiger partial charge in [0.2, 0.25) is 0 Å². The summed E-state index contributed by atoms with van der Waals surface area (Å²) in [5, 5.41) is 29.1. The van der Waals surface area contributed by atoms with Crippen LogP contribution in [0.25, 0.3) is 0 Å². The summed E-state index contributed by atoms with van der Waals surface area (Å²) in [5.74, 6) is -2.08. The number of benzene rings is 1. The van der Waals surface area contributed by atoms with Crippen molar-refractivity contribution in [3.63, 3.8) is 0 Å². The zero-order valence-corrected chi connectivity index (χ0v) is 9.07. The molecule has 0 bridgehead atoms. The van der Waals surface area contributed by atoms with Crippen molar-refractivity contribution in [2.45, 2.75) is 12.5 Å². The number of nitrogens with zero attached hydrogens (tertiary/aromatic N) is 1. The Bertz CT molecular complexity index is 480. The fourth-order valence-electron chi connectivity index (χ4n) is 1.07. The summed E-state index contributed by atoms with van der Waals surface area (Å²) in [4.78, 5) is 10.6. The maximum atomic E-state index is 13.4. The van der Waals surface area contributed by atoms with Crippen molar-refractivity contribution < 1.29 is 19.4 Å². The maximum absolute atomic E-state index is 13.4. The second kappa shape index (κ2) is 4.80. The molecule has 1 atom stereocenters. The average Bonchev–Trinajstić information content (AvgIpc) is 2.27. The molecule has 0 aliphatic heterocycles. The standard InChI is InChI=1S/C11H11FN2O3/c1-11(17,10(15)16)6-14-9-3-2-7(5-13)4-8(9)12/h2-4,14,17H,6H2,1H3,(H,15,16). The van der Waals surface area contributed by atoms with Crippen molar-refractivity contribution in [1.29, 1.82) is 5.26 Å². The van der Waals surface area contributed by atoms with Gasteiger partial charge in [-0.05, 0) is 25.1 Å². The summed E-state index contributed by atoms with van der Waals surface area (Å²) in [7, 11) is 0.